The van der Waals surface area contributed by atoms with Crippen LogP contribution in [0.1, 0.15) is 10.4 Å². The molecule has 0 atom stereocenters. The number of carbonyl (C=O) groups excluding carboxylic acids is 1. The fraction of sp³-hybridized carbons (Fsp3) is 0.133. The van der Waals surface area contributed by atoms with E-state index >= 15 is 0 Å². The maximum atomic E-state index is 12.2. The van der Waals surface area contributed by atoms with Gasteiger partial charge >= 0.3 is 0 Å². The van der Waals surface area contributed by atoms with E-state index < -0.39 is 0 Å². The Hall–Kier alpha value is -1.81. The number of aryl methyl sites for hydroxylation is 1. The van der Waals surface area contributed by atoms with Gasteiger partial charge in [-0.15, -0.1) is 0 Å². The van der Waals surface area contributed by atoms with Crippen molar-refractivity contribution in [1.29, 1.82) is 0 Å². The van der Waals surface area contributed by atoms with Crippen LogP contribution in [0.15, 0.2) is 53.4 Å². The Labute approximate surface area is 119 Å². The Bertz CT molecular complexity index is 754. The van der Waals surface area contributed by atoms with Gasteiger partial charge in [0.15, 0.2) is 5.78 Å². The summed E-state index contributed by atoms with van der Waals surface area (Å²) in [4.78, 5) is 12.2. The van der Waals surface area contributed by atoms with Crippen LogP contribution >= 0.6 is 15.9 Å². The lowest BCUT2D eigenvalue weighted by Crippen LogP contribution is -2.08. The third kappa shape index (κ3) is 2.36. The van der Waals surface area contributed by atoms with Crippen LogP contribution in [0, 0.1) is 0 Å². The van der Waals surface area contributed by atoms with Crippen molar-refractivity contribution in [3.8, 4) is 0 Å². The number of nitrogens with zero attached hydrogens (tertiary/aromatic N) is 2. The molecule has 3 nitrogen and oxygen atoms in total. The molecule has 3 aromatic rings. The van der Waals surface area contributed by atoms with Gasteiger partial charge in [-0.25, -0.2) is 0 Å². The minimum absolute atomic E-state index is 0.123. The molecule has 0 amide bonds. The Morgan fingerprint density at radius 3 is 2.79 bits per heavy atom. The molecule has 96 valence electrons. The fourth-order valence-corrected chi connectivity index (χ4v) is 2.56. The summed E-state index contributed by atoms with van der Waals surface area (Å²) in [5.74, 6) is 0.123. The third-order valence-corrected chi connectivity index (χ3v) is 3.70. The molecule has 0 saturated carbocycles. The second kappa shape index (κ2) is 4.70. The minimum atomic E-state index is 0.123. The highest BCUT2D eigenvalue weighted by molar-refractivity contribution is 9.10. The third-order valence-electron chi connectivity index (χ3n) is 3.20. The monoisotopic (exact) mass is 316 g/mol. The number of benzene rings is 1. The van der Waals surface area contributed by atoms with Gasteiger partial charge in [0.2, 0.25) is 0 Å². The molecule has 2 aromatic heterocycles. The Balaban J connectivity index is 1.93. The first-order chi connectivity index (χ1) is 9.13. The van der Waals surface area contributed by atoms with Gasteiger partial charge in [0, 0.05) is 41.2 Å². The van der Waals surface area contributed by atoms with Crippen LogP contribution in [0.25, 0.3) is 10.9 Å². The molecule has 0 aliphatic rings. The Morgan fingerprint density at radius 1 is 1.21 bits per heavy atom. The van der Waals surface area contributed by atoms with Gasteiger partial charge < -0.3 is 9.13 Å². The summed E-state index contributed by atoms with van der Waals surface area (Å²) in [5, 5.41) is 1.14. The first-order valence-electron chi connectivity index (χ1n) is 6.03. The Morgan fingerprint density at radius 2 is 2.05 bits per heavy atom. The van der Waals surface area contributed by atoms with Crippen LogP contribution in [0.4, 0.5) is 0 Å². The summed E-state index contributed by atoms with van der Waals surface area (Å²) in [6.07, 6.45) is 5.69. The van der Waals surface area contributed by atoms with Crippen molar-refractivity contribution >= 4 is 32.6 Å². The van der Waals surface area contributed by atoms with E-state index in [1.54, 1.807) is 0 Å². The smallest absolute Gasteiger partial charge is 0.184 e. The predicted molar refractivity (Wildman–Crippen MR) is 79.4 cm³/mol. The maximum Gasteiger partial charge on any atom is 0.184 e. The number of Topliss-reactive ketones (excluding diaryl/α,β-unsaturated/α-hetero) is 1. The van der Waals surface area contributed by atoms with Gasteiger partial charge in [-0.1, -0.05) is 22.0 Å². The lowest BCUT2D eigenvalue weighted by molar-refractivity contribution is 0.0973. The first-order valence-corrected chi connectivity index (χ1v) is 6.82. The molecule has 0 N–H and O–H groups in total. The lowest BCUT2D eigenvalue weighted by Gasteiger charge is -2.04. The van der Waals surface area contributed by atoms with Crippen molar-refractivity contribution in [2.75, 3.05) is 0 Å². The molecule has 0 unspecified atom stereocenters. The molecule has 3 rings (SSSR count). The molecule has 4 heteroatoms. The highest BCUT2D eigenvalue weighted by Gasteiger charge is 2.10. The van der Waals surface area contributed by atoms with E-state index in [4.69, 9.17) is 0 Å². The van der Waals surface area contributed by atoms with Crippen molar-refractivity contribution in [3.05, 3.63) is 59.0 Å². The number of carbonyl (C=O) groups is 1. The van der Waals surface area contributed by atoms with Gasteiger partial charge in [0.05, 0.1) is 6.54 Å². The van der Waals surface area contributed by atoms with E-state index in [2.05, 4.69) is 15.9 Å². The van der Waals surface area contributed by atoms with Crippen molar-refractivity contribution in [2.45, 2.75) is 6.54 Å². The number of hydrogen-bond acceptors (Lipinski definition) is 1. The SMILES string of the molecule is Cn1ccc(C(=O)Cn2ccc3ccc(Br)cc32)c1. The topological polar surface area (TPSA) is 26.9 Å². The van der Waals surface area contributed by atoms with Crippen molar-refractivity contribution in [3.63, 3.8) is 0 Å². The summed E-state index contributed by atoms with van der Waals surface area (Å²) in [7, 11) is 1.92. The van der Waals surface area contributed by atoms with Crippen molar-refractivity contribution in [2.24, 2.45) is 7.05 Å². The first kappa shape index (κ1) is 12.2. The van der Waals surface area contributed by atoms with E-state index in [0.29, 0.717) is 6.54 Å². The molecule has 0 saturated heterocycles. The average Bonchev–Trinajstić information content (AvgIpc) is 2.97. The number of ketones is 1. The van der Waals surface area contributed by atoms with Gasteiger partial charge in [0.1, 0.15) is 0 Å². The second-order valence-electron chi connectivity index (χ2n) is 4.64. The van der Waals surface area contributed by atoms with Crippen LogP contribution in [0.3, 0.4) is 0 Å². The zero-order valence-corrected chi connectivity index (χ0v) is 12.1. The lowest BCUT2D eigenvalue weighted by atomic mass is 10.2. The second-order valence-corrected chi connectivity index (χ2v) is 5.55. The quantitative estimate of drug-likeness (QED) is 0.678. The molecule has 0 aliphatic heterocycles. The van der Waals surface area contributed by atoms with Crippen LogP contribution in [-0.4, -0.2) is 14.9 Å². The largest absolute Gasteiger partial charge is 0.357 e. The van der Waals surface area contributed by atoms with Crippen LogP contribution in [-0.2, 0) is 13.6 Å². The van der Waals surface area contributed by atoms with Gasteiger partial charge in [-0.2, -0.15) is 0 Å². The molecule has 0 fully saturated rings. The van der Waals surface area contributed by atoms with E-state index in [1.807, 2.05) is 65.1 Å². The maximum absolute atomic E-state index is 12.2. The minimum Gasteiger partial charge on any atom is -0.357 e. The van der Waals surface area contributed by atoms with Gasteiger partial charge in [-0.05, 0) is 29.7 Å². The van der Waals surface area contributed by atoms with Gasteiger partial charge in [0.25, 0.3) is 0 Å². The Kier molecular flexibility index (Phi) is 3.03. The van der Waals surface area contributed by atoms with Crippen LogP contribution in [0.2, 0.25) is 0 Å². The number of hydrogen-bond donors (Lipinski definition) is 0. The number of fused-ring (bicyclic) bond motifs is 1. The number of rotatable bonds is 3. The van der Waals surface area contributed by atoms with Crippen LogP contribution in [0.5, 0.6) is 0 Å². The summed E-state index contributed by atoms with van der Waals surface area (Å²) in [5.41, 5.74) is 1.82. The molecule has 0 aliphatic carbocycles. The highest BCUT2D eigenvalue weighted by Crippen LogP contribution is 2.21. The fourth-order valence-electron chi connectivity index (χ4n) is 2.21. The molecule has 2 heterocycles. The van der Waals surface area contributed by atoms with Crippen molar-refractivity contribution in [1.82, 2.24) is 9.13 Å². The van der Waals surface area contributed by atoms with Gasteiger partial charge in [-0.3, -0.25) is 4.79 Å². The van der Waals surface area contributed by atoms with Crippen LogP contribution < -0.4 is 0 Å². The molecule has 1 aromatic carbocycles. The standard InChI is InChI=1S/C15H13BrN2O/c1-17-6-4-12(9-17)15(19)10-18-7-5-11-2-3-13(16)8-14(11)18/h2-9H,10H2,1H3. The molecular weight excluding hydrogens is 304 g/mol. The molecule has 0 spiro atoms. The molecule has 19 heavy (non-hydrogen) atoms. The zero-order valence-electron chi connectivity index (χ0n) is 10.5. The summed E-state index contributed by atoms with van der Waals surface area (Å²) in [6.45, 7) is 0.365. The summed E-state index contributed by atoms with van der Waals surface area (Å²) >= 11 is 3.46. The van der Waals surface area contributed by atoms with E-state index in [-0.39, 0.29) is 5.78 Å². The average molecular weight is 317 g/mol. The normalized spacial score (nSPS) is 11.1. The summed E-state index contributed by atoms with van der Waals surface area (Å²) in [6, 6.07) is 9.96. The summed E-state index contributed by atoms with van der Waals surface area (Å²) < 4.78 is 4.89. The van der Waals surface area contributed by atoms with E-state index in [1.165, 1.54) is 0 Å². The number of aromatic nitrogens is 2. The molecule has 0 bridgehead atoms. The molecule has 0 radical (unpaired) electrons. The van der Waals surface area contributed by atoms with E-state index in [0.717, 1.165) is 20.9 Å². The number of halogens is 1. The molecular formula is C15H13BrN2O. The zero-order chi connectivity index (χ0) is 13.4. The van der Waals surface area contributed by atoms with E-state index in [9.17, 15) is 4.79 Å². The predicted octanol–water partition coefficient (Wildman–Crippen LogP) is 3.63. The van der Waals surface area contributed by atoms with Crippen molar-refractivity contribution < 1.29 is 4.79 Å². The highest BCUT2D eigenvalue weighted by atomic mass is 79.9.